The number of anilines is 1. The summed E-state index contributed by atoms with van der Waals surface area (Å²) in [6.45, 7) is 1.89. The summed E-state index contributed by atoms with van der Waals surface area (Å²) in [4.78, 5) is 4.07. The molecule has 19 heavy (non-hydrogen) atoms. The first kappa shape index (κ1) is 13.9. The number of aryl methyl sites for hydroxylation is 1. The third-order valence-electron chi connectivity index (χ3n) is 2.84. The highest BCUT2D eigenvalue weighted by Gasteiger charge is 2.19. The lowest BCUT2D eigenvalue weighted by molar-refractivity contribution is 0.559. The van der Waals surface area contributed by atoms with E-state index in [1.165, 1.54) is 6.07 Å². The Morgan fingerprint density at radius 2 is 2.05 bits per heavy atom. The molecular formula is C13H14BrFN4. The van der Waals surface area contributed by atoms with E-state index in [0.717, 1.165) is 5.56 Å². The maximum Gasteiger partial charge on any atom is 0.129 e. The Morgan fingerprint density at radius 3 is 2.68 bits per heavy atom. The molecule has 0 amide bonds. The molecule has 0 saturated heterocycles. The van der Waals surface area contributed by atoms with Crippen LogP contribution in [0.4, 0.5) is 10.2 Å². The predicted molar refractivity (Wildman–Crippen MR) is 76.7 cm³/mol. The Kier molecular flexibility index (Phi) is 4.14. The number of nitrogens with zero attached hydrogens (tertiary/aromatic N) is 1. The van der Waals surface area contributed by atoms with Crippen molar-refractivity contribution in [3.8, 4) is 0 Å². The van der Waals surface area contributed by atoms with E-state index in [0.29, 0.717) is 21.4 Å². The van der Waals surface area contributed by atoms with Gasteiger partial charge in [0.1, 0.15) is 11.6 Å². The Bertz CT molecular complexity index is 603. The molecule has 4 nitrogen and oxygen atoms in total. The number of hydrazine groups is 1. The number of rotatable bonds is 3. The van der Waals surface area contributed by atoms with Gasteiger partial charge in [-0.1, -0.05) is 22.0 Å². The highest BCUT2D eigenvalue weighted by atomic mass is 79.9. The van der Waals surface area contributed by atoms with Crippen LogP contribution < -0.4 is 17.0 Å². The average molecular weight is 325 g/mol. The van der Waals surface area contributed by atoms with Gasteiger partial charge >= 0.3 is 0 Å². The number of nitrogens with two attached hydrogens (primary N) is 2. The van der Waals surface area contributed by atoms with E-state index in [2.05, 4.69) is 26.3 Å². The summed E-state index contributed by atoms with van der Waals surface area (Å²) in [6.07, 6.45) is 1.66. The molecule has 1 unspecified atom stereocenters. The number of halogens is 2. The first-order valence-electron chi connectivity index (χ1n) is 5.66. The number of nitrogens with one attached hydrogen (secondary N) is 1. The fraction of sp³-hybridized carbons (Fsp3) is 0.154. The monoisotopic (exact) mass is 324 g/mol. The molecule has 6 heteroatoms. The van der Waals surface area contributed by atoms with Crippen LogP contribution in [0.1, 0.15) is 22.7 Å². The first-order valence-corrected chi connectivity index (χ1v) is 6.45. The fourth-order valence-corrected chi connectivity index (χ4v) is 2.25. The van der Waals surface area contributed by atoms with Crippen LogP contribution in [0.2, 0.25) is 0 Å². The van der Waals surface area contributed by atoms with Gasteiger partial charge in [0.05, 0.1) is 6.04 Å². The smallest absolute Gasteiger partial charge is 0.129 e. The minimum atomic E-state index is -0.541. The molecule has 0 spiro atoms. The fourth-order valence-electron chi connectivity index (χ4n) is 1.92. The van der Waals surface area contributed by atoms with Crippen LogP contribution in [0.15, 0.2) is 34.9 Å². The van der Waals surface area contributed by atoms with Crippen molar-refractivity contribution in [3.63, 3.8) is 0 Å². The molecule has 0 radical (unpaired) electrons. The summed E-state index contributed by atoms with van der Waals surface area (Å²) in [5.41, 5.74) is 10.4. The van der Waals surface area contributed by atoms with Crippen LogP contribution in [0, 0.1) is 12.7 Å². The third kappa shape index (κ3) is 2.91. The Labute approximate surface area is 119 Å². The normalized spacial score (nSPS) is 12.4. The zero-order valence-electron chi connectivity index (χ0n) is 10.3. The van der Waals surface area contributed by atoms with E-state index in [-0.39, 0.29) is 5.82 Å². The lowest BCUT2D eigenvalue weighted by Crippen LogP contribution is -2.30. The van der Waals surface area contributed by atoms with Crippen molar-refractivity contribution in [2.75, 3.05) is 5.73 Å². The zero-order valence-corrected chi connectivity index (χ0v) is 11.9. The van der Waals surface area contributed by atoms with Crippen LogP contribution in [-0.4, -0.2) is 4.98 Å². The maximum absolute atomic E-state index is 14.0. The van der Waals surface area contributed by atoms with E-state index in [1.807, 2.05) is 13.0 Å². The van der Waals surface area contributed by atoms with Gasteiger partial charge in [-0.3, -0.25) is 5.84 Å². The van der Waals surface area contributed by atoms with Gasteiger partial charge in [-0.2, -0.15) is 0 Å². The number of hydrogen-bond donors (Lipinski definition) is 3. The van der Waals surface area contributed by atoms with Crippen molar-refractivity contribution in [2.24, 2.45) is 5.84 Å². The van der Waals surface area contributed by atoms with Crippen LogP contribution in [0.25, 0.3) is 0 Å². The molecular weight excluding hydrogens is 311 g/mol. The van der Waals surface area contributed by atoms with Gasteiger partial charge in [-0.05, 0) is 30.7 Å². The highest BCUT2D eigenvalue weighted by Crippen LogP contribution is 2.28. The van der Waals surface area contributed by atoms with Gasteiger partial charge < -0.3 is 5.73 Å². The largest absolute Gasteiger partial charge is 0.383 e. The molecule has 0 saturated carbocycles. The zero-order chi connectivity index (χ0) is 14.0. The third-order valence-corrected chi connectivity index (χ3v) is 3.33. The second-order valence-corrected chi connectivity index (χ2v) is 5.17. The van der Waals surface area contributed by atoms with E-state index >= 15 is 0 Å². The molecule has 5 N–H and O–H groups in total. The van der Waals surface area contributed by atoms with Crippen LogP contribution >= 0.6 is 15.9 Å². The SMILES string of the molecule is Cc1cnc(N)c(C(NN)c2ccc(Br)cc2F)c1. The summed E-state index contributed by atoms with van der Waals surface area (Å²) in [6, 6.07) is 6.10. The Morgan fingerprint density at radius 1 is 1.32 bits per heavy atom. The molecule has 0 aliphatic heterocycles. The Hall–Kier alpha value is -1.50. The van der Waals surface area contributed by atoms with Crippen molar-refractivity contribution in [1.82, 2.24) is 10.4 Å². The van der Waals surface area contributed by atoms with E-state index < -0.39 is 6.04 Å². The van der Waals surface area contributed by atoms with Crippen LogP contribution in [0.5, 0.6) is 0 Å². The Balaban J connectivity index is 2.52. The quantitative estimate of drug-likeness (QED) is 0.598. The lowest BCUT2D eigenvalue weighted by Gasteiger charge is -2.19. The van der Waals surface area contributed by atoms with E-state index in [4.69, 9.17) is 11.6 Å². The minimum Gasteiger partial charge on any atom is -0.383 e. The van der Waals surface area contributed by atoms with Crippen LogP contribution in [0.3, 0.4) is 0 Å². The molecule has 2 aromatic rings. The number of aromatic nitrogens is 1. The number of benzene rings is 1. The lowest BCUT2D eigenvalue weighted by atomic mass is 9.98. The van der Waals surface area contributed by atoms with Crippen molar-refractivity contribution in [2.45, 2.75) is 13.0 Å². The molecule has 0 fully saturated rings. The van der Waals surface area contributed by atoms with Gasteiger partial charge in [0.25, 0.3) is 0 Å². The summed E-state index contributed by atoms with van der Waals surface area (Å²) in [7, 11) is 0. The van der Waals surface area contributed by atoms with E-state index in [9.17, 15) is 4.39 Å². The molecule has 100 valence electrons. The maximum atomic E-state index is 14.0. The minimum absolute atomic E-state index is 0.330. The van der Waals surface area contributed by atoms with E-state index in [1.54, 1.807) is 18.3 Å². The average Bonchev–Trinajstić information content (AvgIpc) is 2.36. The van der Waals surface area contributed by atoms with Gasteiger partial charge in [0.2, 0.25) is 0 Å². The molecule has 1 aromatic heterocycles. The van der Waals surface area contributed by atoms with Gasteiger partial charge in [-0.15, -0.1) is 0 Å². The molecule has 1 heterocycles. The van der Waals surface area contributed by atoms with Crippen LogP contribution in [-0.2, 0) is 0 Å². The van der Waals surface area contributed by atoms with Crippen molar-refractivity contribution >= 4 is 21.7 Å². The summed E-state index contributed by atoms with van der Waals surface area (Å²) >= 11 is 3.22. The van der Waals surface area contributed by atoms with Crippen molar-refractivity contribution < 1.29 is 4.39 Å². The number of hydrogen-bond acceptors (Lipinski definition) is 4. The molecule has 0 aliphatic carbocycles. The second kappa shape index (κ2) is 5.64. The second-order valence-electron chi connectivity index (χ2n) is 4.25. The first-order chi connectivity index (χ1) is 9.02. The molecule has 0 bridgehead atoms. The predicted octanol–water partition coefficient (Wildman–Crippen LogP) is 2.43. The molecule has 1 atom stereocenters. The molecule has 1 aromatic carbocycles. The number of pyridine rings is 1. The standard InChI is InChI=1S/C13H14BrFN4/c1-7-4-10(13(16)18-6-7)12(19-17)9-3-2-8(14)5-11(9)15/h2-6,12,19H,17H2,1H3,(H2,16,18). The molecule has 2 rings (SSSR count). The summed E-state index contributed by atoms with van der Waals surface area (Å²) in [5.74, 6) is 5.52. The van der Waals surface area contributed by atoms with Crippen molar-refractivity contribution in [1.29, 1.82) is 0 Å². The highest BCUT2D eigenvalue weighted by molar-refractivity contribution is 9.10. The topological polar surface area (TPSA) is 77.0 Å². The summed E-state index contributed by atoms with van der Waals surface area (Å²) < 4.78 is 14.7. The van der Waals surface area contributed by atoms with Gasteiger partial charge in [0, 0.05) is 21.8 Å². The van der Waals surface area contributed by atoms with Gasteiger partial charge in [-0.25, -0.2) is 14.8 Å². The van der Waals surface area contributed by atoms with Crippen molar-refractivity contribution in [3.05, 3.63) is 57.4 Å². The van der Waals surface area contributed by atoms with Gasteiger partial charge in [0.15, 0.2) is 0 Å². The number of nitrogen functional groups attached to an aromatic ring is 1. The summed E-state index contributed by atoms with van der Waals surface area (Å²) in [5, 5.41) is 0. The molecule has 0 aliphatic rings.